The Morgan fingerprint density at radius 1 is 1.21 bits per heavy atom. The zero-order chi connectivity index (χ0) is 15.1. The van der Waals surface area contributed by atoms with Crippen molar-refractivity contribution in [2.75, 3.05) is 6.61 Å². The lowest BCUT2D eigenvalue weighted by Crippen LogP contribution is -2.29. The molecule has 0 spiro atoms. The van der Waals surface area contributed by atoms with Crippen LogP contribution >= 0.6 is 0 Å². The summed E-state index contributed by atoms with van der Waals surface area (Å²) in [6, 6.07) is 0. The molecule has 0 aromatic rings. The molecule has 19 heavy (non-hydrogen) atoms. The normalized spacial score (nSPS) is 14.8. The second-order valence-electron chi connectivity index (χ2n) is 6.63. The van der Waals surface area contributed by atoms with Gasteiger partial charge in [-0.25, -0.2) is 4.79 Å². The van der Waals surface area contributed by atoms with Gasteiger partial charge in [-0.1, -0.05) is 54.0 Å². The SMILES string of the molecule is C=C(C)C(=O)OCCC(CC)C(CCC)C(C)(C)C. The third kappa shape index (κ3) is 6.79. The van der Waals surface area contributed by atoms with Crippen molar-refractivity contribution in [2.24, 2.45) is 17.3 Å². The summed E-state index contributed by atoms with van der Waals surface area (Å²) in [5.74, 6) is 1.04. The molecule has 112 valence electrons. The van der Waals surface area contributed by atoms with Gasteiger partial charge in [0.25, 0.3) is 0 Å². The summed E-state index contributed by atoms with van der Waals surface area (Å²) in [6.07, 6.45) is 4.56. The van der Waals surface area contributed by atoms with Gasteiger partial charge < -0.3 is 4.74 Å². The van der Waals surface area contributed by atoms with Crippen LogP contribution in [-0.4, -0.2) is 12.6 Å². The molecule has 0 saturated heterocycles. The first-order chi connectivity index (χ1) is 8.73. The Morgan fingerprint density at radius 2 is 1.79 bits per heavy atom. The lowest BCUT2D eigenvalue weighted by Gasteiger charge is -2.37. The van der Waals surface area contributed by atoms with E-state index in [1.54, 1.807) is 6.92 Å². The monoisotopic (exact) mass is 268 g/mol. The Labute approximate surface area is 119 Å². The molecule has 0 aliphatic rings. The first-order valence-electron chi connectivity index (χ1n) is 7.56. The largest absolute Gasteiger partial charge is 0.462 e. The third-order valence-corrected chi connectivity index (χ3v) is 3.88. The summed E-state index contributed by atoms with van der Waals surface area (Å²) < 4.78 is 5.24. The summed E-state index contributed by atoms with van der Waals surface area (Å²) >= 11 is 0. The molecule has 0 aromatic carbocycles. The first kappa shape index (κ1) is 18.2. The molecule has 0 radical (unpaired) electrons. The maximum absolute atomic E-state index is 11.4. The van der Waals surface area contributed by atoms with Gasteiger partial charge in [0, 0.05) is 5.57 Å². The van der Waals surface area contributed by atoms with Crippen LogP contribution in [0.2, 0.25) is 0 Å². The van der Waals surface area contributed by atoms with Gasteiger partial charge in [-0.15, -0.1) is 0 Å². The molecule has 2 nitrogen and oxygen atoms in total. The quantitative estimate of drug-likeness (QED) is 0.458. The van der Waals surface area contributed by atoms with E-state index in [4.69, 9.17) is 4.74 Å². The molecule has 0 bridgehead atoms. The van der Waals surface area contributed by atoms with Gasteiger partial charge in [-0.05, 0) is 37.0 Å². The van der Waals surface area contributed by atoms with E-state index < -0.39 is 0 Å². The molecule has 0 aliphatic carbocycles. The van der Waals surface area contributed by atoms with Crippen molar-refractivity contribution in [1.29, 1.82) is 0 Å². The van der Waals surface area contributed by atoms with E-state index >= 15 is 0 Å². The van der Waals surface area contributed by atoms with Crippen molar-refractivity contribution < 1.29 is 9.53 Å². The standard InChI is InChI=1S/C17H32O2/c1-8-10-15(17(5,6)7)14(9-2)11-12-19-16(18)13(3)4/h14-15H,3,8-12H2,1-2,4-7H3. The zero-order valence-corrected chi connectivity index (χ0v) is 13.7. The van der Waals surface area contributed by atoms with Crippen LogP contribution in [0.3, 0.4) is 0 Å². The van der Waals surface area contributed by atoms with Gasteiger partial charge in [0.2, 0.25) is 0 Å². The molecule has 0 aliphatic heterocycles. The van der Waals surface area contributed by atoms with Gasteiger partial charge in [-0.3, -0.25) is 0 Å². The van der Waals surface area contributed by atoms with Crippen molar-refractivity contribution in [3.05, 3.63) is 12.2 Å². The van der Waals surface area contributed by atoms with E-state index in [0.29, 0.717) is 29.4 Å². The highest BCUT2D eigenvalue weighted by Gasteiger charge is 2.30. The maximum atomic E-state index is 11.4. The molecule has 0 heterocycles. The molecule has 0 saturated carbocycles. The molecule has 2 heteroatoms. The van der Waals surface area contributed by atoms with E-state index in [2.05, 4.69) is 41.2 Å². The van der Waals surface area contributed by atoms with Gasteiger partial charge in [-0.2, -0.15) is 0 Å². The molecule has 0 rings (SSSR count). The zero-order valence-electron chi connectivity index (χ0n) is 13.7. The van der Waals surface area contributed by atoms with Crippen LogP contribution in [0.25, 0.3) is 0 Å². The highest BCUT2D eigenvalue weighted by molar-refractivity contribution is 5.86. The minimum atomic E-state index is -0.266. The molecule has 0 aromatic heterocycles. The lowest BCUT2D eigenvalue weighted by molar-refractivity contribution is -0.139. The number of carbonyl (C=O) groups excluding carboxylic acids is 1. The fourth-order valence-corrected chi connectivity index (χ4v) is 2.80. The predicted molar refractivity (Wildman–Crippen MR) is 82.0 cm³/mol. The van der Waals surface area contributed by atoms with Crippen LogP contribution in [0.4, 0.5) is 0 Å². The molecule has 2 unspecified atom stereocenters. The Bertz CT molecular complexity index is 286. The molecular formula is C17H32O2. The average Bonchev–Trinajstić information content (AvgIpc) is 2.30. The van der Waals surface area contributed by atoms with E-state index in [9.17, 15) is 4.79 Å². The average molecular weight is 268 g/mol. The predicted octanol–water partition coefficient (Wildman–Crippen LogP) is 4.98. The molecule has 2 atom stereocenters. The van der Waals surface area contributed by atoms with E-state index in [1.165, 1.54) is 12.8 Å². The Hall–Kier alpha value is -0.790. The van der Waals surface area contributed by atoms with Crippen LogP contribution in [0.5, 0.6) is 0 Å². The second kappa shape index (κ2) is 8.39. The van der Waals surface area contributed by atoms with Gasteiger partial charge in [0.15, 0.2) is 0 Å². The van der Waals surface area contributed by atoms with Gasteiger partial charge >= 0.3 is 5.97 Å². The van der Waals surface area contributed by atoms with Crippen molar-refractivity contribution >= 4 is 5.97 Å². The summed E-state index contributed by atoms with van der Waals surface area (Å²) in [4.78, 5) is 11.4. The van der Waals surface area contributed by atoms with E-state index in [-0.39, 0.29) is 5.97 Å². The second-order valence-corrected chi connectivity index (χ2v) is 6.63. The van der Waals surface area contributed by atoms with Gasteiger partial charge in [0.1, 0.15) is 0 Å². The third-order valence-electron chi connectivity index (χ3n) is 3.88. The molecule has 0 fully saturated rings. The van der Waals surface area contributed by atoms with E-state index in [0.717, 1.165) is 12.8 Å². The van der Waals surface area contributed by atoms with Crippen LogP contribution < -0.4 is 0 Å². The van der Waals surface area contributed by atoms with Crippen molar-refractivity contribution in [2.45, 2.75) is 67.2 Å². The van der Waals surface area contributed by atoms with Crippen LogP contribution in [0.1, 0.15) is 67.2 Å². The van der Waals surface area contributed by atoms with Gasteiger partial charge in [0.05, 0.1) is 6.61 Å². The minimum Gasteiger partial charge on any atom is -0.462 e. The van der Waals surface area contributed by atoms with Crippen molar-refractivity contribution in [3.8, 4) is 0 Å². The number of carbonyl (C=O) groups is 1. The highest BCUT2D eigenvalue weighted by atomic mass is 16.5. The van der Waals surface area contributed by atoms with Crippen LogP contribution in [0.15, 0.2) is 12.2 Å². The number of ether oxygens (including phenoxy) is 1. The summed E-state index contributed by atoms with van der Waals surface area (Å²) in [5.41, 5.74) is 0.795. The number of esters is 1. The Kier molecular flexibility index (Phi) is 8.05. The first-order valence-corrected chi connectivity index (χ1v) is 7.56. The van der Waals surface area contributed by atoms with Crippen LogP contribution in [-0.2, 0) is 9.53 Å². The summed E-state index contributed by atoms with van der Waals surface area (Å²) in [7, 11) is 0. The molecular weight excluding hydrogens is 236 g/mol. The fourth-order valence-electron chi connectivity index (χ4n) is 2.80. The van der Waals surface area contributed by atoms with Crippen molar-refractivity contribution in [3.63, 3.8) is 0 Å². The smallest absolute Gasteiger partial charge is 0.333 e. The van der Waals surface area contributed by atoms with E-state index in [1.807, 2.05) is 0 Å². The van der Waals surface area contributed by atoms with Crippen molar-refractivity contribution in [1.82, 2.24) is 0 Å². The summed E-state index contributed by atoms with van der Waals surface area (Å²) in [6.45, 7) is 17.2. The maximum Gasteiger partial charge on any atom is 0.333 e. The highest BCUT2D eigenvalue weighted by Crippen LogP contribution is 2.38. The topological polar surface area (TPSA) is 26.3 Å². The lowest BCUT2D eigenvalue weighted by atomic mass is 9.69. The van der Waals surface area contributed by atoms with Crippen LogP contribution in [0, 0.1) is 17.3 Å². The fraction of sp³-hybridized carbons (Fsp3) is 0.824. The Balaban J connectivity index is 4.45. The summed E-state index contributed by atoms with van der Waals surface area (Å²) in [5, 5.41) is 0. The number of rotatable bonds is 8. The molecule has 0 amide bonds. The number of hydrogen-bond donors (Lipinski definition) is 0. The number of hydrogen-bond acceptors (Lipinski definition) is 2. The Morgan fingerprint density at radius 3 is 2.16 bits per heavy atom. The minimum absolute atomic E-state index is 0.266. The molecule has 0 N–H and O–H groups in total.